The van der Waals surface area contributed by atoms with Gasteiger partial charge in [-0.15, -0.1) is 0 Å². The van der Waals surface area contributed by atoms with Crippen LogP contribution in [-0.4, -0.2) is 74.7 Å². The Morgan fingerprint density at radius 2 is 0.950 bits per heavy atom. The van der Waals surface area contributed by atoms with Crippen LogP contribution in [0.2, 0.25) is 0 Å². The number of rotatable bonds is 25. The van der Waals surface area contributed by atoms with E-state index in [1.165, 1.54) is 100 Å². The lowest BCUT2D eigenvalue weighted by Crippen LogP contribution is -2.23. The van der Waals surface area contributed by atoms with Gasteiger partial charge in [-0.05, 0) is 89.2 Å². The van der Waals surface area contributed by atoms with Gasteiger partial charge in [0.25, 0.3) is 0 Å². The third-order valence-electron chi connectivity index (χ3n) is 7.22. The van der Waals surface area contributed by atoms with Gasteiger partial charge in [0.1, 0.15) is 0 Å². The topological polar surface area (TPSA) is 82.6 Å². The fourth-order valence-electron chi connectivity index (χ4n) is 4.53. The minimum Gasteiger partial charge on any atom is -0.398 e. The van der Waals surface area contributed by atoms with Crippen molar-refractivity contribution in [3.8, 4) is 0 Å². The molecule has 0 saturated heterocycles. The monoisotopic (exact) mass is 588 g/mol. The maximum Gasteiger partial charge on any atom is 0.0359 e. The first-order valence-corrected chi connectivity index (χ1v) is 17.7. The predicted molar refractivity (Wildman–Crippen MR) is 182 cm³/mol. The molecule has 0 aliphatic carbocycles. The van der Waals surface area contributed by atoms with Gasteiger partial charge in [-0.2, -0.15) is 0 Å². The van der Waals surface area contributed by atoms with Gasteiger partial charge in [0.2, 0.25) is 0 Å². The normalized spacial score (nSPS) is 11.6. The predicted octanol–water partition coefficient (Wildman–Crippen LogP) is 6.10. The van der Waals surface area contributed by atoms with E-state index in [0.717, 1.165) is 37.6 Å². The molecular formula is C32H56N6S2. The number of nitrogens with two attached hydrogens (primary N) is 2. The van der Waals surface area contributed by atoms with Gasteiger partial charge in [0.15, 0.2) is 0 Å². The molecule has 0 heterocycles. The molecule has 0 saturated carbocycles. The molecule has 0 aliphatic rings. The maximum absolute atomic E-state index is 6.00. The highest BCUT2D eigenvalue weighted by atomic mass is 33.1. The van der Waals surface area contributed by atoms with Crippen LogP contribution in [-0.2, 0) is 13.1 Å². The zero-order valence-electron chi connectivity index (χ0n) is 25.2. The lowest BCUT2D eigenvalue weighted by Gasteiger charge is -2.17. The Kier molecular flexibility index (Phi) is 20.2. The van der Waals surface area contributed by atoms with Crippen LogP contribution in [0.15, 0.2) is 48.5 Å². The van der Waals surface area contributed by atoms with E-state index in [4.69, 9.17) is 11.5 Å². The van der Waals surface area contributed by atoms with Crippen LogP contribution in [0.5, 0.6) is 0 Å². The van der Waals surface area contributed by atoms with Crippen LogP contribution in [0.25, 0.3) is 0 Å². The van der Waals surface area contributed by atoms with Gasteiger partial charge < -0.3 is 31.9 Å². The summed E-state index contributed by atoms with van der Waals surface area (Å²) in [6, 6.07) is 16.2. The third kappa shape index (κ3) is 17.4. The van der Waals surface area contributed by atoms with Crippen LogP contribution in [0.3, 0.4) is 0 Å². The van der Waals surface area contributed by atoms with E-state index in [1.807, 2.05) is 45.9 Å². The summed E-state index contributed by atoms with van der Waals surface area (Å²) in [4.78, 5) is 4.98. The summed E-state index contributed by atoms with van der Waals surface area (Å²) in [5.41, 5.74) is 16.2. The number of anilines is 2. The zero-order valence-corrected chi connectivity index (χ0v) is 26.8. The molecule has 2 rings (SSSR count). The van der Waals surface area contributed by atoms with Gasteiger partial charge in [-0.25, -0.2) is 0 Å². The quantitative estimate of drug-likeness (QED) is 0.0630. The number of para-hydroxylation sites is 2. The number of nitrogens with zero attached hydrogens (tertiary/aromatic N) is 2. The maximum atomic E-state index is 6.00. The van der Waals surface area contributed by atoms with Crippen LogP contribution in [0.4, 0.5) is 11.4 Å². The molecule has 0 atom stereocenters. The van der Waals surface area contributed by atoms with Gasteiger partial charge in [0, 0.05) is 49.1 Å². The van der Waals surface area contributed by atoms with Gasteiger partial charge in [0.05, 0.1) is 0 Å². The Morgan fingerprint density at radius 3 is 1.38 bits per heavy atom. The van der Waals surface area contributed by atoms with E-state index in [0.29, 0.717) is 0 Å². The molecule has 0 radical (unpaired) electrons. The summed E-state index contributed by atoms with van der Waals surface area (Å²) in [6.45, 7) is 8.65. The van der Waals surface area contributed by atoms with Crippen LogP contribution < -0.4 is 22.1 Å². The van der Waals surface area contributed by atoms with Crippen molar-refractivity contribution in [2.24, 2.45) is 0 Å². The Balaban J connectivity index is 1.28. The number of hydrogen-bond donors (Lipinski definition) is 4. The van der Waals surface area contributed by atoms with Crippen molar-refractivity contribution in [1.29, 1.82) is 0 Å². The molecule has 6 nitrogen and oxygen atoms in total. The molecule has 2 aromatic carbocycles. The Bertz CT molecular complexity index is 812. The van der Waals surface area contributed by atoms with E-state index < -0.39 is 0 Å². The fraction of sp³-hybridized carbons (Fsp3) is 0.625. The average molecular weight is 589 g/mol. The molecule has 0 aromatic heterocycles. The highest BCUT2D eigenvalue weighted by molar-refractivity contribution is 8.76. The minimum absolute atomic E-state index is 0.868. The molecule has 6 N–H and O–H groups in total. The Morgan fingerprint density at radius 1 is 0.550 bits per heavy atom. The van der Waals surface area contributed by atoms with Crippen LogP contribution in [0, 0.1) is 0 Å². The number of nitrogen functional groups attached to an aromatic ring is 2. The smallest absolute Gasteiger partial charge is 0.0359 e. The average Bonchev–Trinajstić information content (AvgIpc) is 2.95. The zero-order chi connectivity index (χ0) is 28.7. The Hall–Kier alpha value is -1.42. The summed E-state index contributed by atoms with van der Waals surface area (Å²) < 4.78 is 0. The summed E-state index contributed by atoms with van der Waals surface area (Å²) >= 11 is 0. The van der Waals surface area contributed by atoms with Crippen LogP contribution in [0.1, 0.15) is 62.5 Å². The van der Waals surface area contributed by atoms with Crippen molar-refractivity contribution in [2.45, 2.75) is 64.5 Å². The molecule has 226 valence electrons. The van der Waals surface area contributed by atoms with Crippen molar-refractivity contribution in [2.75, 3.05) is 76.3 Å². The summed E-state index contributed by atoms with van der Waals surface area (Å²) in [7, 11) is 8.59. The Labute approximate surface area is 253 Å². The van der Waals surface area contributed by atoms with Crippen molar-refractivity contribution in [3.05, 3.63) is 59.7 Å². The third-order valence-corrected chi connectivity index (χ3v) is 9.59. The summed E-state index contributed by atoms with van der Waals surface area (Å²) in [6.07, 6.45) is 10.3. The molecule has 0 spiro atoms. The molecule has 2 aromatic rings. The number of unbranched alkanes of at least 4 members (excludes halogenated alkanes) is 6. The van der Waals surface area contributed by atoms with E-state index in [9.17, 15) is 0 Å². The van der Waals surface area contributed by atoms with Crippen LogP contribution >= 0.6 is 21.6 Å². The fourth-order valence-corrected chi connectivity index (χ4v) is 6.70. The number of benzene rings is 2. The van der Waals surface area contributed by atoms with Gasteiger partial charge in [-0.1, -0.05) is 83.7 Å². The highest BCUT2D eigenvalue weighted by Gasteiger charge is 2.02. The first-order chi connectivity index (χ1) is 19.6. The molecule has 0 aliphatic heterocycles. The SMILES string of the molecule is CN(CCCCCCNCc1ccccc1N)CCSSCCN(C)CCCCCCNCc1ccccc1N. The first-order valence-electron chi connectivity index (χ1n) is 15.3. The van der Waals surface area contributed by atoms with Crippen molar-refractivity contribution < 1.29 is 0 Å². The second kappa shape index (κ2) is 23.2. The molecule has 0 amide bonds. The largest absolute Gasteiger partial charge is 0.398 e. The lowest BCUT2D eigenvalue weighted by molar-refractivity contribution is 0.343. The number of nitrogens with one attached hydrogen (secondary N) is 2. The molecule has 0 bridgehead atoms. The van der Waals surface area contributed by atoms with E-state index >= 15 is 0 Å². The lowest BCUT2D eigenvalue weighted by atomic mass is 10.1. The number of hydrogen-bond acceptors (Lipinski definition) is 8. The molecular weight excluding hydrogens is 533 g/mol. The van der Waals surface area contributed by atoms with Crippen molar-refractivity contribution in [3.63, 3.8) is 0 Å². The molecule has 40 heavy (non-hydrogen) atoms. The van der Waals surface area contributed by atoms with E-state index in [2.05, 4.69) is 58.8 Å². The highest BCUT2D eigenvalue weighted by Crippen LogP contribution is 2.21. The van der Waals surface area contributed by atoms with E-state index in [1.54, 1.807) is 0 Å². The first kappa shape index (κ1) is 34.8. The molecule has 8 heteroatoms. The summed E-state index contributed by atoms with van der Waals surface area (Å²) in [5.74, 6) is 2.42. The van der Waals surface area contributed by atoms with E-state index in [-0.39, 0.29) is 0 Å². The second-order valence-electron chi connectivity index (χ2n) is 10.8. The molecule has 0 fully saturated rings. The minimum atomic E-state index is 0.868. The van der Waals surface area contributed by atoms with Gasteiger partial charge in [-0.3, -0.25) is 0 Å². The van der Waals surface area contributed by atoms with Crippen molar-refractivity contribution in [1.82, 2.24) is 20.4 Å². The van der Waals surface area contributed by atoms with Crippen molar-refractivity contribution >= 4 is 33.0 Å². The second-order valence-corrected chi connectivity index (χ2v) is 13.5. The standard InChI is InChI=1S/C32H56N6S2/c1-37(21-13-5-3-11-19-35-27-29-15-7-9-17-31(29)33)23-25-39-40-26-24-38(2)22-14-6-4-12-20-36-28-30-16-8-10-18-32(30)34/h7-10,15-18,35-36H,3-6,11-14,19-28,33-34H2,1-2H3. The summed E-state index contributed by atoms with van der Waals surface area (Å²) in [5, 5.41) is 7.03. The molecule has 0 unspecified atom stereocenters. The van der Waals surface area contributed by atoms with Gasteiger partial charge >= 0.3 is 0 Å².